The Morgan fingerprint density at radius 3 is 2.28 bits per heavy atom. The normalized spacial score (nSPS) is 31.6. The van der Waals surface area contributed by atoms with Gasteiger partial charge in [-0.3, -0.25) is 4.79 Å². The number of benzene rings is 1. The number of aliphatic hydroxyl groups is 1. The van der Waals surface area contributed by atoms with Gasteiger partial charge in [-0.05, 0) is 94.7 Å². The molecular formula is C26H35BrF3N3O3. The first kappa shape index (κ1) is 27.2. The van der Waals surface area contributed by atoms with Crippen LogP contribution in [0.25, 0.3) is 0 Å². The van der Waals surface area contributed by atoms with Gasteiger partial charge in [-0.25, -0.2) is 4.79 Å². The van der Waals surface area contributed by atoms with Gasteiger partial charge in [-0.1, -0.05) is 22.0 Å². The molecule has 1 aromatic rings. The Morgan fingerprint density at radius 2 is 1.75 bits per heavy atom. The molecule has 0 unspecified atom stereocenters. The van der Waals surface area contributed by atoms with Gasteiger partial charge in [0.1, 0.15) is 0 Å². The molecule has 1 aromatic carbocycles. The Labute approximate surface area is 218 Å². The fourth-order valence-corrected chi connectivity index (χ4v) is 6.55. The second-order valence-corrected chi connectivity index (χ2v) is 12.4. The Hall–Kier alpha value is -1.81. The van der Waals surface area contributed by atoms with E-state index >= 15 is 0 Å². The number of fused-ring (bicyclic) bond motifs is 3. The first-order valence-electron chi connectivity index (χ1n) is 12.7. The zero-order valence-electron chi connectivity index (χ0n) is 20.8. The molecule has 3 amide bonds. The maximum atomic E-state index is 13.5. The number of carbonyl (C=O) groups is 2. The van der Waals surface area contributed by atoms with Crippen molar-refractivity contribution in [2.75, 3.05) is 11.4 Å². The van der Waals surface area contributed by atoms with Crippen LogP contribution in [0.2, 0.25) is 0 Å². The molecule has 0 heterocycles. The average molecular weight is 574 g/mol. The van der Waals surface area contributed by atoms with Gasteiger partial charge in [0.25, 0.3) is 0 Å². The van der Waals surface area contributed by atoms with E-state index in [2.05, 4.69) is 26.6 Å². The third-order valence-corrected chi connectivity index (χ3v) is 8.85. The minimum atomic E-state index is -4.67. The Bertz CT molecular complexity index is 970. The highest BCUT2D eigenvalue weighted by Crippen LogP contribution is 2.54. The monoisotopic (exact) mass is 573 g/mol. The van der Waals surface area contributed by atoms with E-state index in [9.17, 15) is 27.9 Å². The van der Waals surface area contributed by atoms with Crippen LogP contribution in [0.1, 0.15) is 71.6 Å². The molecule has 5 rings (SSSR count). The van der Waals surface area contributed by atoms with E-state index in [1.165, 1.54) is 0 Å². The van der Waals surface area contributed by atoms with E-state index in [0.29, 0.717) is 12.2 Å². The number of anilines is 1. The number of nitrogens with zero attached hydrogens (tertiary/aromatic N) is 1. The SMILES string of the molecule is CC(C)NC(=O)NC12CCC(CN(C(=O)CC3CC(O)(C(F)(F)F)C3)c3cccc(Br)c3)(CC1)CC2. The summed E-state index contributed by atoms with van der Waals surface area (Å²) in [7, 11) is 0. The van der Waals surface area contributed by atoms with Crippen molar-refractivity contribution in [3.05, 3.63) is 28.7 Å². The highest BCUT2D eigenvalue weighted by molar-refractivity contribution is 9.10. The van der Waals surface area contributed by atoms with Crippen molar-refractivity contribution in [2.24, 2.45) is 11.3 Å². The van der Waals surface area contributed by atoms with Crippen molar-refractivity contribution >= 4 is 33.6 Å². The summed E-state index contributed by atoms with van der Waals surface area (Å²) in [4.78, 5) is 27.5. The van der Waals surface area contributed by atoms with Crippen molar-refractivity contribution in [2.45, 2.75) is 95.0 Å². The van der Waals surface area contributed by atoms with Crippen LogP contribution in [0.5, 0.6) is 0 Å². The number of amides is 3. The molecule has 6 nitrogen and oxygen atoms in total. The van der Waals surface area contributed by atoms with E-state index in [1.54, 1.807) is 4.90 Å². The Morgan fingerprint density at radius 1 is 1.14 bits per heavy atom. The number of nitrogens with one attached hydrogen (secondary N) is 2. The first-order chi connectivity index (χ1) is 16.7. The summed E-state index contributed by atoms with van der Waals surface area (Å²) < 4.78 is 40.0. The fraction of sp³-hybridized carbons (Fsp3) is 0.692. The highest BCUT2D eigenvalue weighted by atomic mass is 79.9. The van der Waals surface area contributed by atoms with Crippen molar-refractivity contribution in [3.63, 3.8) is 0 Å². The summed E-state index contributed by atoms with van der Waals surface area (Å²) in [6.07, 6.45) is -0.481. The summed E-state index contributed by atoms with van der Waals surface area (Å²) in [5.74, 6) is -0.709. The number of halogens is 4. The quantitative estimate of drug-likeness (QED) is 0.392. The topological polar surface area (TPSA) is 81.7 Å². The van der Waals surface area contributed by atoms with Gasteiger partial charge in [0.15, 0.2) is 5.60 Å². The molecule has 36 heavy (non-hydrogen) atoms. The van der Waals surface area contributed by atoms with Gasteiger partial charge in [-0.2, -0.15) is 13.2 Å². The van der Waals surface area contributed by atoms with Crippen LogP contribution in [-0.4, -0.2) is 46.9 Å². The molecule has 0 aliphatic heterocycles. The molecule has 4 aliphatic rings. The summed E-state index contributed by atoms with van der Waals surface area (Å²) in [6.45, 7) is 4.34. The number of carbonyl (C=O) groups excluding carboxylic acids is 2. The van der Waals surface area contributed by atoms with E-state index < -0.39 is 30.5 Å². The molecule has 10 heteroatoms. The summed E-state index contributed by atoms with van der Waals surface area (Å²) in [5.41, 5.74) is -2.28. The maximum absolute atomic E-state index is 13.5. The lowest BCUT2D eigenvalue weighted by Crippen LogP contribution is -2.61. The third kappa shape index (κ3) is 5.69. The number of urea groups is 1. The molecule has 0 radical (unpaired) electrons. The van der Waals surface area contributed by atoms with Crippen molar-refractivity contribution in [1.82, 2.24) is 10.6 Å². The van der Waals surface area contributed by atoms with Crippen molar-refractivity contribution < 1.29 is 27.9 Å². The molecule has 4 aliphatic carbocycles. The third-order valence-electron chi connectivity index (χ3n) is 8.36. The van der Waals surface area contributed by atoms with Crippen LogP contribution in [0, 0.1) is 11.3 Å². The number of rotatable bonds is 7. The molecule has 200 valence electrons. The van der Waals surface area contributed by atoms with Crippen molar-refractivity contribution in [1.29, 1.82) is 0 Å². The number of hydrogen-bond acceptors (Lipinski definition) is 3. The zero-order chi connectivity index (χ0) is 26.4. The van der Waals surface area contributed by atoms with E-state index in [-0.39, 0.29) is 35.4 Å². The van der Waals surface area contributed by atoms with Gasteiger partial charge in [0.05, 0.1) is 0 Å². The first-order valence-corrected chi connectivity index (χ1v) is 13.5. The summed E-state index contributed by atoms with van der Waals surface area (Å²) >= 11 is 3.46. The van der Waals surface area contributed by atoms with Crippen LogP contribution in [0.15, 0.2) is 28.7 Å². The van der Waals surface area contributed by atoms with Crippen molar-refractivity contribution in [3.8, 4) is 0 Å². The largest absolute Gasteiger partial charge is 0.417 e. The maximum Gasteiger partial charge on any atom is 0.417 e. The fourth-order valence-electron chi connectivity index (χ4n) is 6.16. The molecule has 0 atom stereocenters. The lowest BCUT2D eigenvalue weighted by atomic mass is 9.57. The smallest absolute Gasteiger partial charge is 0.380 e. The van der Waals surface area contributed by atoms with Crippen LogP contribution >= 0.6 is 15.9 Å². The predicted octanol–water partition coefficient (Wildman–Crippen LogP) is 5.68. The molecule has 4 fully saturated rings. The molecule has 4 saturated carbocycles. The van der Waals surface area contributed by atoms with Crippen LogP contribution in [0.3, 0.4) is 0 Å². The summed E-state index contributed by atoms with van der Waals surface area (Å²) in [6, 6.07) is 7.32. The second kappa shape index (κ2) is 9.82. The van der Waals surface area contributed by atoms with Crippen LogP contribution in [0.4, 0.5) is 23.7 Å². The van der Waals surface area contributed by atoms with E-state index in [0.717, 1.165) is 43.0 Å². The zero-order valence-corrected chi connectivity index (χ0v) is 22.3. The van der Waals surface area contributed by atoms with Gasteiger partial charge in [0, 0.05) is 34.7 Å². The predicted molar refractivity (Wildman–Crippen MR) is 135 cm³/mol. The lowest BCUT2D eigenvalue weighted by Gasteiger charge is -2.55. The molecule has 0 aromatic heterocycles. The standard InChI is InChI=1S/C26H35BrF3N3O3/c1-17(2)31-22(35)32-24-9-6-23(7-10-24,8-11-24)16-33(20-5-3-4-19(27)13-20)21(34)12-18-14-25(36,15-18)26(28,29)30/h3-5,13,17-18,36H,6-12,14-16H2,1-2H3,(H2,31,32,35). The van der Waals surface area contributed by atoms with Gasteiger partial charge >= 0.3 is 12.2 Å². The minimum Gasteiger partial charge on any atom is -0.380 e. The Kier molecular flexibility index (Phi) is 7.43. The van der Waals surface area contributed by atoms with Gasteiger partial charge in [-0.15, -0.1) is 0 Å². The molecule has 3 N–H and O–H groups in total. The molecule has 0 spiro atoms. The highest BCUT2D eigenvalue weighted by Gasteiger charge is 2.61. The molecule has 0 saturated heterocycles. The minimum absolute atomic E-state index is 0.0259. The number of hydrogen-bond donors (Lipinski definition) is 3. The number of alkyl halides is 3. The Balaban J connectivity index is 1.44. The molecule has 2 bridgehead atoms. The van der Waals surface area contributed by atoms with Crippen LogP contribution < -0.4 is 15.5 Å². The van der Waals surface area contributed by atoms with E-state index in [1.807, 2.05) is 38.1 Å². The van der Waals surface area contributed by atoms with E-state index in [4.69, 9.17) is 0 Å². The second-order valence-electron chi connectivity index (χ2n) is 11.5. The van der Waals surface area contributed by atoms with Gasteiger partial charge in [0.2, 0.25) is 5.91 Å². The summed E-state index contributed by atoms with van der Waals surface area (Å²) in [5, 5.41) is 15.9. The average Bonchev–Trinajstić information content (AvgIpc) is 2.76. The van der Waals surface area contributed by atoms with Gasteiger partial charge < -0.3 is 20.6 Å². The molecular weight excluding hydrogens is 539 g/mol. The lowest BCUT2D eigenvalue weighted by molar-refractivity contribution is -0.298. The van der Waals surface area contributed by atoms with Crippen LogP contribution in [-0.2, 0) is 4.79 Å².